The predicted octanol–water partition coefficient (Wildman–Crippen LogP) is 3.44. The van der Waals surface area contributed by atoms with Gasteiger partial charge in [0, 0.05) is 31.8 Å². The first-order valence-corrected chi connectivity index (χ1v) is 8.86. The molecule has 1 atom stereocenters. The summed E-state index contributed by atoms with van der Waals surface area (Å²) < 4.78 is 43.0. The first kappa shape index (κ1) is 18.1. The van der Waals surface area contributed by atoms with Crippen LogP contribution in [0.15, 0.2) is 36.5 Å². The number of pyridine rings is 1. The molecule has 3 heterocycles. The van der Waals surface area contributed by atoms with Crippen LogP contribution in [0.1, 0.15) is 12.1 Å². The Balaban J connectivity index is 1.76. The molecule has 27 heavy (non-hydrogen) atoms. The summed E-state index contributed by atoms with van der Waals surface area (Å²) in [7, 11) is 0. The predicted molar refractivity (Wildman–Crippen MR) is 97.8 cm³/mol. The third kappa shape index (κ3) is 3.46. The van der Waals surface area contributed by atoms with Gasteiger partial charge in [0.1, 0.15) is 5.82 Å². The molecule has 1 aromatic carbocycles. The molecule has 142 valence electrons. The van der Waals surface area contributed by atoms with Gasteiger partial charge in [-0.1, -0.05) is 11.6 Å². The van der Waals surface area contributed by atoms with Crippen molar-refractivity contribution in [2.24, 2.45) is 5.73 Å². The lowest BCUT2D eigenvalue weighted by atomic mass is 10.0. The van der Waals surface area contributed by atoms with E-state index < -0.39 is 17.8 Å². The van der Waals surface area contributed by atoms with Crippen LogP contribution in [-0.4, -0.2) is 39.6 Å². The molecule has 5 nitrogen and oxygen atoms in total. The Labute approximate surface area is 158 Å². The smallest absolute Gasteiger partial charge is 0.266 e. The van der Waals surface area contributed by atoms with Crippen LogP contribution in [0.2, 0.25) is 5.02 Å². The number of alkyl halides is 2. The van der Waals surface area contributed by atoms with E-state index in [9.17, 15) is 13.2 Å². The van der Waals surface area contributed by atoms with Crippen LogP contribution in [0, 0.1) is 5.82 Å². The number of anilines is 1. The van der Waals surface area contributed by atoms with Gasteiger partial charge in [-0.15, -0.1) is 0 Å². The first-order valence-electron chi connectivity index (χ1n) is 8.48. The number of hydrogen-bond acceptors (Lipinski definition) is 4. The van der Waals surface area contributed by atoms with Crippen molar-refractivity contribution in [3.05, 3.63) is 53.1 Å². The van der Waals surface area contributed by atoms with Crippen LogP contribution in [0.3, 0.4) is 0 Å². The van der Waals surface area contributed by atoms with Crippen LogP contribution in [0.25, 0.3) is 11.0 Å². The second-order valence-electron chi connectivity index (χ2n) is 6.66. The van der Waals surface area contributed by atoms with Gasteiger partial charge in [0.15, 0.2) is 0 Å². The number of piperidine rings is 1. The minimum absolute atomic E-state index is 0.0349. The second kappa shape index (κ2) is 6.69. The van der Waals surface area contributed by atoms with Gasteiger partial charge in [-0.3, -0.25) is 4.98 Å². The molecule has 0 saturated carbocycles. The van der Waals surface area contributed by atoms with Crippen LogP contribution >= 0.6 is 11.6 Å². The highest BCUT2D eigenvalue weighted by Gasteiger charge is 2.42. The van der Waals surface area contributed by atoms with Crippen molar-refractivity contribution in [2.45, 2.75) is 24.9 Å². The van der Waals surface area contributed by atoms with Crippen molar-refractivity contribution >= 4 is 28.6 Å². The maximum Gasteiger partial charge on any atom is 0.266 e. The molecule has 0 aliphatic carbocycles. The Morgan fingerprint density at radius 2 is 2.07 bits per heavy atom. The molecule has 2 N–H and O–H groups in total. The zero-order valence-electron chi connectivity index (χ0n) is 14.2. The summed E-state index contributed by atoms with van der Waals surface area (Å²) in [6, 6.07) is 6.50. The fraction of sp³-hybridized carbons (Fsp3) is 0.333. The highest BCUT2D eigenvalue weighted by molar-refractivity contribution is 6.30. The van der Waals surface area contributed by atoms with Crippen molar-refractivity contribution in [2.75, 3.05) is 18.0 Å². The number of halogens is 4. The second-order valence-corrected chi connectivity index (χ2v) is 7.10. The van der Waals surface area contributed by atoms with Gasteiger partial charge in [0.25, 0.3) is 5.92 Å². The normalized spacial score (nSPS) is 19.6. The van der Waals surface area contributed by atoms with E-state index in [1.54, 1.807) is 23.1 Å². The van der Waals surface area contributed by atoms with Gasteiger partial charge in [-0.2, -0.15) is 0 Å². The fourth-order valence-electron chi connectivity index (χ4n) is 3.26. The van der Waals surface area contributed by atoms with Gasteiger partial charge in [-0.05, 0) is 24.3 Å². The molecule has 1 fully saturated rings. The van der Waals surface area contributed by atoms with E-state index >= 15 is 0 Å². The van der Waals surface area contributed by atoms with E-state index in [2.05, 4.69) is 9.97 Å². The summed E-state index contributed by atoms with van der Waals surface area (Å²) >= 11 is 5.89. The Hall–Kier alpha value is -2.32. The summed E-state index contributed by atoms with van der Waals surface area (Å²) in [5, 5.41) is 0.515. The van der Waals surface area contributed by atoms with Crippen LogP contribution in [0.4, 0.5) is 19.1 Å². The van der Waals surface area contributed by atoms with Gasteiger partial charge >= 0.3 is 0 Å². The van der Waals surface area contributed by atoms with Gasteiger partial charge in [-0.25, -0.2) is 18.2 Å². The molecule has 9 heteroatoms. The summed E-state index contributed by atoms with van der Waals surface area (Å²) in [6.07, 6.45) is 1.18. The molecule has 0 amide bonds. The average Bonchev–Trinajstić information content (AvgIpc) is 2.97. The van der Waals surface area contributed by atoms with Crippen molar-refractivity contribution in [3.8, 4) is 0 Å². The molecule has 0 bridgehead atoms. The highest BCUT2D eigenvalue weighted by atomic mass is 35.5. The molecule has 3 aromatic rings. The van der Waals surface area contributed by atoms with Crippen molar-refractivity contribution in [1.82, 2.24) is 14.5 Å². The lowest BCUT2D eigenvalue weighted by Crippen LogP contribution is -2.55. The third-order valence-corrected chi connectivity index (χ3v) is 4.98. The number of benzene rings is 1. The molecule has 2 aromatic heterocycles. The molecule has 1 aliphatic heterocycles. The van der Waals surface area contributed by atoms with Gasteiger partial charge in [0.05, 0.1) is 34.3 Å². The number of rotatable bonds is 3. The Morgan fingerprint density at radius 3 is 2.78 bits per heavy atom. The van der Waals surface area contributed by atoms with E-state index in [-0.39, 0.29) is 19.5 Å². The Morgan fingerprint density at radius 1 is 1.26 bits per heavy atom. The van der Waals surface area contributed by atoms with Gasteiger partial charge in [0.2, 0.25) is 5.95 Å². The third-order valence-electron chi connectivity index (χ3n) is 4.76. The lowest BCUT2D eigenvalue weighted by Gasteiger charge is -2.37. The van der Waals surface area contributed by atoms with E-state index in [0.717, 1.165) is 5.69 Å². The number of aromatic nitrogens is 3. The number of fused-ring (bicyclic) bond motifs is 1. The molecule has 0 spiro atoms. The molecule has 0 unspecified atom stereocenters. The van der Waals surface area contributed by atoms with E-state index in [1.807, 2.05) is 4.57 Å². The number of nitrogens with zero attached hydrogens (tertiary/aromatic N) is 4. The molecule has 1 aliphatic rings. The van der Waals surface area contributed by atoms with Crippen molar-refractivity contribution in [3.63, 3.8) is 0 Å². The monoisotopic (exact) mass is 395 g/mol. The lowest BCUT2D eigenvalue weighted by molar-refractivity contribution is -0.0395. The first-order chi connectivity index (χ1) is 12.8. The summed E-state index contributed by atoms with van der Waals surface area (Å²) in [6.45, 7) is 0.421. The molecule has 1 saturated heterocycles. The standard InChI is InChI=1S/C18H17ClF3N5/c19-11-1-3-13(24-8-11)9-27-15-4-2-12(20)7-14(15)25-17(27)26-6-5-18(21,22)16(23)10-26/h1-4,7-8,16H,5-6,9-10,23H2/t16-/m1/s1. The van der Waals surface area contributed by atoms with E-state index in [0.29, 0.717) is 28.5 Å². The van der Waals surface area contributed by atoms with Crippen LogP contribution < -0.4 is 10.6 Å². The molecule has 0 radical (unpaired) electrons. The SMILES string of the molecule is N[C@@H]1CN(c2nc3cc(F)ccc3n2Cc2ccc(Cl)cn2)CCC1(F)F. The average molecular weight is 396 g/mol. The molecular formula is C18H17ClF3N5. The quantitative estimate of drug-likeness (QED) is 0.738. The number of imidazole rings is 1. The maximum atomic E-state index is 13.8. The minimum Gasteiger partial charge on any atom is -0.340 e. The van der Waals surface area contributed by atoms with E-state index in [4.69, 9.17) is 17.3 Å². The van der Waals surface area contributed by atoms with Crippen LogP contribution in [0.5, 0.6) is 0 Å². The highest BCUT2D eigenvalue weighted by Crippen LogP contribution is 2.32. The summed E-state index contributed by atoms with van der Waals surface area (Å²) in [4.78, 5) is 10.5. The van der Waals surface area contributed by atoms with Gasteiger partial charge < -0.3 is 15.2 Å². The zero-order valence-corrected chi connectivity index (χ0v) is 15.0. The summed E-state index contributed by atoms with van der Waals surface area (Å²) in [5.74, 6) is -2.85. The van der Waals surface area contributed by atoms with Crippen molar-refractivity contribution in [1.29, 1.82) is 0 Å². The molecule has 4 rings (SSSR count). The number of nitrogens with two attached hydrogens (primary N) is 1. The fourth-order valence-corrected chi connectivity index (χ4v) is 3.37. The Kier molecular flexibility index (Phi) is 4.47. The largest absolute Gasteiger partial charge is 0.340 e. The van der Waals surface area contributed by atoms with Crippen LogP contribution in [-0.2, 0) is 6.54 Å². The zero-order chi connectivity index (χ0) is 19.2. The van der Waals surface area contributed by atoms with E-state index in [1.165, 1.54) is 18.3 Å². The Bertz CT molecular complexity index is 973. The van der Waals surface area contributed by atoms with Crippen molar-refractivity contribution < 1.29 is 13.2 Å². The maximum absolute atomic E-state index is 13.8. The summed E-state index contributed by atoms with van der Waals surface area (Å²) in [5.41, 5.74) is 7.52. The molecular weight excluding hydrogens is 379 g/mol. The minimum atomic E-state index is -2.91. The number of hydrogen-bond donors (Lipinski definition) is 1. The topological polar surface area (TPSA) is 60.0 Å².